The molecule has 0 aromatic heterocycles. The topological polar surface area (TPSA) is 55.1 Å². The van der Waals surface area contributed by atoms with Crippen LogP contribution in [0.3, 0.4) is 0 Å². The van der Waals surface area contributed by atoms with Crippen molar-refractivity contribution >= 4 is 17.3 Å². The first-order valence-electron chi connectivity index (χ1n) is 3.93. The van der Waals surface area contributed by atoms with Gasteiger partial charge in [-0.05, 0) is 30.7 Å². The molecule has 0 aliphatic heterocycles. The van der Waals surface area contributed by atoms with Gasteiger partial charge in [-0.15, -0.1) is 0 Å². The van der Waals surface area contributed by atoms with Crippen LogP contribution >= 0.6 is 0 Å². The van der Waals surface area contributed by atoms with Crippen LogP contribution < -0.4 is 11.1 Å². The molecule has 0 heterocycles. The number of anilines is 2. The van der Waals surface area contributed by atoms with Crippen LogP contribution in [-0.4, -0.2) is 5.91 Å². The number of nitrogens with two attached hydrogens (primary N) is 1. The van der Waals surface area contributed by atoms with Crippen molar-refractivity contribution in [2.75, 3.05) is 11.1 Å². The van der Waals surface area contributed by atoms with Crippen LogP contribution in [0.4, 0.5) is 11.4 Å². The molecule has 0 aliphatic carbocycles. The largest absolute Gasteiger partial charge is 0.398 e. The monoisotopic (exact) mass is 176 g/mol. The molecule has 1 rings (SSSR count). The number of rotatable bonds is 2. The van der Waals surface area contributed by atoms with E-state index in [1.807, 2.05) is 6.92 Å². The van der Waals surface area contributed by atoms with Crippen molar-refractivity contribution in [3.8, 4) is 0 Å². The summed E-state index contributed by atoms with van der Waals surface area (Å²) in [6.07, 6.45) is 1.22. The molecule has 0 atom stereocenters. The van der Waals surface area contributed by atoms with Crippen molar-refractivity contribution in [1.82, 2.24) is 0 Å². The number of nitrogen functional groups attached to an aromatic ring is 1. The molecule has 0 unspecified atom stereocenters. The third-order valence-corrected chi connectivity index (χ3v) is 1.82. The highest BCUT2D eigenvalue weighted by molar-refractivity contribution is 5.99. The molecule has 68 valence electrons. The minimum Gasteiger partial charge on any atom is -0.398 e. The second-order valence-electron chi connectivity index (χ2n) is 2.71. The lowest BCUT2D eigenvalue weighted by Gasteiger charge is -2.07. The number of nitrogens with one attached hydrogen (secondary N) is 1. The van der Waals surface area contributed by atoms with Crippen LogP contribution in [0.25, 0.3) is 0 Å². The van der Waals surface area contributed by atoms with Crippen LogP contribution in [-0.2, 0) is 4.79 Å². The van der Waals surface area contributed by atoms with Gasteiger partial charge < -0.3 is 11.1 Å². The SMILES string of the molecule is C=CC(=O)Nc1cccc(N)c1C. The van der Waals surface area contributed by atoms with Crippen molar-refractivity contribution in [2.45, 2.75) is 6.92 Å². The van der Waals surface area contributed by atoms with E-state index >= 15 is 0 Å². The van der Waals surface area contributed by atoms with Crippen molar-refractivity contribution in [3.63, 3.8) is 0 Å². The standard InChI is InChI=1S/C10H12N2O/c1-3-10(13)12-9-6-4-5-8(11)7(9)2/h3-6H,1,11H2,2H3,(H,12,13). The first-order valence-corrected chi connectivity index (χ1v) is 3.93. The Labute approximate surface area is 77.3 Å². The third kappa shape index (κ3) is 2.08. The summed E-state index contributed by atoms with van der Waals surface area (Å²) < 4.78 is 0. The van der Waals surface area contributed by atoms with Gasteiger partial charge in [0.25, 0.3) is 0 Å². The lowest BCUT2D eigenvalue weighted by atomic mass is 10.1. The molecule has 1 amide bonds. The van der Waals surface area contributed by atoms with Gasteiger partial charge >= 0.3 is 0 Å². The molecule has 3 heteroatoms. The minimum absolute atomic E-state index is 0.228. The molecular weight excluding hydrogens is 164 g/mol. The normalized spacial score (nSPS) is 9.31. The fourth-order valence-corrected chi connectivity index (χ4v) is 0.973. The summed E-state index contributed by atoms with van der Waals surface area (Å²) in [5.41, 5.74) is 7.93. The van der Waals surface area contributed by atoms with Gasteiger partial charge in [0.15, 0.2) is 0 Å². The molecule has 3 N–H and O–H groups in total. The van der Waals surface area contributed by atoms with Crippen LogP contribution in [0.5, 0.6) is 0 Å². The quantitative estimate of drug-likeness (QED) is 0.532. The van der Waals surface area contributed by atoms with Crippen molar-refractivity contribution < 1.29 is 4.79 Å². The molecule has 0 fully saturated rings. The smallest absolute Gasteiger partial charge is 0.247 e. The summed E-state index contributed by atoms with van der Waals surface area (Å²) in [6, 6.07) is 5.38. The Kier molecular flexibility index (Phi) is 2.69. The summed E-state index contributed by atoms with van der Waals surface area (Å²) in [5, 5.41) is 2.66. The van der Waals surface area contributed by atoms with E-state index in [4.69, 9.17) is 5.73 Å². The van der Waals surface area contributed by atoms with Gasteiger partial charge in [-0.2, -0.15) is 0 Å². The minimum atomic E-state index is -0.228. The average Bonchev–Trinajstić information content (AvgIpc) is 2.13. The number of hydrogen-bond acceptors (Lipinski definition) is 2. The van der Waals surface area contributed by atoms with E-state index < -0.39 is 0 Å². The van der Waals surface area contributed by atoms with Gasteiger partial charge in [0.05, 0.1) is 0 Å². The van der Waals surface area contributed by atoms with Crippen molar-refractivity contribution in [2.24, 2.45) is 0 Å². The highest BCUT2D eigenvalue weighted by atomic mass is 16.1. The fourth-order valence-electron chi connectivity index (χ4n) is 0.973. The summed E-state index contributed by atoms with van der Waals surface area (Å²) >= 11 is 0. The maximum atomic E-state index is 11.0. The maximum Gasteiger partial charge on any atom is 0.247 e. The number of hydrogen-bond donors (Lipinski definition) is 2. The van der Waals surface area contributed by atoms with Crippen LogP contribution in [0, 0.1) is 6.92 Å². The van der Waals surface area contributed by atoms with Gasteiger partial charge in [-0.1, -0.05) is 12.6 Å². The number of benzene rings is 1. The lowest BCUT2D eigenvalue weighted by molar-refractivity contribution is -0.111. The van der Waals surface area contributed by atoms with Gasteiger partial charge in [0.1, 0.15) is 0 Å². The van der Waals surface area contributed by atoms with Crippen LogP contribution in [0.15, 0.2) is 30.9 Å². The van der Waals surface area contributed by atoms with E-state index in [2.05, 4.69) is 11.9 Å². The zero-order chi connectivity index (χ0) is 9.84. The van der Waals surface area contributed by atoms with Gasteiger partial charge in [0, 0.05) is 11.4 Å². The lowest BCUT2D eigenvalue weighted by Crippen LogP contribution is -2.09. The Bertz CT molecular complexity index is 345. The average molecular weight is 176 g/mol. The number of carbonyl (C=O) groups is 1. The third-order valence-electron chi connectivity index (χ3n) is 1.82. The summed E-state index contributed by atoms with van der Waals surface area (Å²) in [5.74, 6) is -0.228. The Hall–Kier alpha value is -1.77. The number of amides is 1. The fraction of sp³-hybridized carbons (Fsp3) is 0.100. The summed E-state index contributed by atoms with van der Waals surface area (Å²) in [7, 11) is 0. The first-order chi connectivity index (χ1) is 6.15. The number of carbonyl (C=O) groups excluding carboxylic acids is 1. The van der Waals surface area contributed by atoms with Crippen molar-refractivity contribution in [1.29, 1.82) is 0 Å². The first kappa shape index (κ1) is 9.32. The maximum absolute atomic E-state index is 11.0. The Morgan fingerprint density at radius 1 is 1.62 bits per heavy atom. The van der Waals surface area contributed by atoms with Crippen LogP contribution in [0.2, 0.25) is 0 Å². The Balaban J connectivity index is 2.95. The molecule has 0 radical (unpaired) electrons. The predicted molar refractivity (Wildman–Crippen MR) is 54.4 cm³/mol. The van der Waals surface area contributed by atoms with E-state index in [0.29, 0.717) is 5.69 Å². The second kappa shape index (κ2) is 3.76. The highest BCUT2D eigenvalue weighted by Crippen LogP contribution is 2.20. The predicted octanol–water partition coefficient (Wildman–Crippen LogP) is 1.70. The molecule has 0 saturated heterocycles. The second-order valence-corrected chi connectivity index (χ2v) is 2.71. The molecule has 1 aromatic carbocycles. The zero-order valence-corrected chi connectivity index (χ0v) is 7.50. The molecule has 1 aromatic rings. The molecule has 0 aliphatic rings. The van der Waals surface area contributed by atoms with Gasteiger partial charge in [0.2, 0.25) is 5.91 Å². The summed E-state index contributed by atoms with van der Waals surface area (Å²) in [4.78, 5) is 11.0. The molecule has 0 spiro atoms. The highest BCUT2D eigenvalue weighted by Gasteiger charge is 2.02. The van der Waals surface area contributed by atoms with E-state index in [0.717, 1.165) is 11.3 Å². The molecule has 13 heavy (non-hydrogen) atoms. The Morgan fingerprint density at radius 2 is 2.31 bits per heavy atom. The van der Waals surface area contributed by atoms with E-state index in [1.165, 1.54) is 6.08 Å². The zero-order valence-electron chi connectivity index (χ0n) is 7.50. The molecule has 3 nitrogen and oxygen atoms in total. The van der Waals surface area contributed by atoms with Crippen LogP contribution in [0.1, 0.15) is 5.56 Å². The van der Waals surface area contributed by atoms with Gasteiger partial charge in [-0.3, -0.25) is 4.79 Å². The molecule has 0 saturated carbocycles. The van der Waals surface area contributed by atoms with E-state index in [1.54, 1.807) is 18.2 Å². The molecule has 0 bridgehead atoms. The van der Waals surface area contributed by atoms with E-state index in [-0.39, 0.29) is 5.91 Å². The van der Waals surface area contributed by atoms with Gasteiger partial charge in [-0.25, -0.2) is 0 Å². The summed E-state index contributed by atoms with van der Waals surface area (Å²) in [6.45, 7) is 5.22. The van der Waals surface area contributed by atoms with E-state index in [9.17, 15) is 4.79 Å². The van der Waals surface area contributed by atoms with Crippen molar-refractivity contribution in [3.05, 3.63) is 36.4 Å². The Morgan fingerprint density at radius 3 is 2.92 bits per heavy atom. The molecular formula is C10H12N2O.